The first-order valence-corrected chi connectivity index (χ1v) is 6.02. The van der Waals surface area contributed by atoms with Gasteiger partial charge < -0.3 is 4.74 Å². The zero-order chi connectivity index (χ0) is 11.6. The molecule has 0 aromatic heterocycles. The number of hydrogen-bond acceptors (Lipinski definition) is 2. The minimum absolute atomic E-state index is 0.259. The van der Waals surface area contributed by atoms with E-state index in [1.54, 1.807) is 0 Å². The van der Waals surface area contributed by atoms with Crippen molar-refractivity contribution >= 4 is 0 Å². The quantitative estimate of drug-likeness (QED) is 0.758. The maximum Gasteiger partial charge on any atom is 0.119 e. The van der Waals surface area contributed by atoms with Crippen molar-refractivity contribution in [1.82, 2.24) is 4.90 Å². The zero-order valence-corrected chi connectivity index (χ0v) is 10.4. The van der Waals surface area contributed by atoms with Crippen LogP contribution < -0.4 is 4.74 Å². The van der Waals surface area contributed by atoms with Gasteiger partial charge in [-0.15, -0.1) is 0 Å². The lowest BCUT2D eigenvalue weighted by molar-refractivity contribution is 0.141. The molecule has 1 aliphatic heterocycles. The van der Waals surface area contributed by atoms with Gasteiger partial charge in [0.25, 0.3) is 0 Å². The lowest BCUT2D eigenvalue weighted by atomic mass is 10.1. The zero-order valence-electron chi connectivity index (χ0n) is 10.4. The minimum Gasteiger partial charge on any atom is -0.489 e. The van der Waals surface area contributed by atoms with Crippen LogP contribution in [0.4, 0.5) is 0 Å². The molecule has 0 N–H and O–H groups in total. The second kappa shape index (κ2) is 4.46. The van der Waals surface area contributed by atoms with E-state index in [2.05, 4.69) is 25.7 Å². The van der Waals surface area contributed by atoms with Crippen LogP contribution in [0.25, 0.3) is 0 Å². The summed E-state index contributed by atoms with van der Waals surface area (Å²) in [7, 11) is 0. The van der Waals surface area contributed by atoms with E-state index in [4.69, 9.17) is 4.74 Å². The van der Waals surface area contributed by atoms with E-state index in [0.29, 0.717) is 6.10 Å². The summed E-state index contributed by atoms with van der Waals surface area (Å²) in [6.45, 7) is 8.97. The van der Waals surface area contributed by atoms with Crippen molar-refractivity contribution in [2.75, 3.05) is 13.1 Å². The van der Waals surface area contributed by atoms with Crippen LogP contribution in [0, 0.1) is 0 Å². The third-order valence-electron chi connectivity index (χ3n) is 3.14. The predicted molar refractivity (Wildman–Crippen MR) is 66.8 cm³/mol. The highest BCUT2D eigenvalue weighted by Gasteiger charge is 2.31. The fourth-order valence-electron chi connectivity index (χ4n) is 2.13. The van der Waals surface area contributed by atoms with Gasteiger partial charge in [0, 0.05) is 18.6 Å². The largest absolute Gasteiger partial charge is 0.489 e. The number of para-hydroxylation sites is 1. The predicted octanol–water partition coefficient (Wildman–Crippen LogP) is 2.94. The van der Waals surface area contributed by atoms with Crippen molar-refractivity contribution in [2.45, 2.75) is 38.8 Å². The van der Waals surface area contributed by atoms with E-state index in [1.807, 2.05) is 30.3 Å². The molecule has 0 aliphatic carbocycles. The van der Waals surface area contributed by atoms with Gasteiger partial charge in [0.2, 0.25) is 0 Å². The van der Waals surface area contributed by atoms with Crippen molar-refractivity contribution in [2.24, 2.45) is 0 Å². The summed E-state index contributed by atoms with van der Waals surface area (Å²) in [6.07, 6.45) is 1.48. The van der Waals surface area contributed by atoms with Gasteiger partial charge in [-0.05, 0) is 39.3 Å². The number of nitrogens with zero attached hydrogens (tertiary/aromatic N) is 1. The molecule has 1 fully saturated rings. The van der Waals surface area contributed by atoms with E-state index in [-0.39, 0.29) is 5.54 Å². The molecule has 1 aliphatic rings. The van der Waals surface area contributed by atoms with E-state index >= 15 is 0 Å². The van der Waals surface area contributed by atoms with Gasteiger partial charge in [-0.2, -0.15) is 0 Å². The highest BCUT2D eigenvalue weighted by Crippen LogP contribution is 2.23. The number of hydrogen-bond donors (Lipinski definition) is 0. The highest BCUT2D eigenvalue weighted by atomic mass is 16.5. The summed E-state index contributed by atoms with van der Waals surface area (Å²) in [5.41, 5.74) is 0.259. The van der Waals surface area contributed by atoms with Crippen LogP contribution in [0.2, 0.25) is 0 Å². The average molecular weight is 219 g/mol. The molecule has 16 heavy (non-hydrogen) atoms. The lowest BCUT2D eigenvalue weighted by Crippen LogP contribution is -2.40. The van der Waals surface area contributed by atoms with Crippen molar-refractivity contribution < 1.29 is 4.74 Å². The Morgan fingerprint density at radius 3 is 2.44 bits per heavy atom. The molecule has 0 spiro atoms. The smallest absolute Gasteiger partial charge is 0.119 e. The molecular formula is C14H21NO. The normalized spacial score (nSPS) is 22.3. The molecule has 1 atom stereocenters. The topological polar surface area (TPSA) is 12.5 Å². The summed E-state index contributed by atoms with van der Waals surface area (Å²) in [5, 5.41) is 0. The third-order valence-corrected chi connectivity index (χ3v) is 3.14. The maximum atomic E-state index is 5.96. The molecule has 1 aromatic carbocycles. The molecule has 0 amide bonds. The third kappa shape index (κ3) is 2.76. The molecule has 2 heteroatoms. The lowest BCUT2D eigenvalue weighted by Gasteiger charge is -2.31. The molecule has 88 valence electrons. The molecule has 1 aromatic rings. The SMILES string of the molecule is CC(C)(C)N1CC[C@@H](Oc2ccccc2)C1. The standard InChI is InChI=1S/C14H21NO/c1-14(2,3)15-10-9-13(11-15)16-12-7-5-4-6-8-12/h4-8,13H,9-11H2,1-3H3/t13-/m1/s1. The molecule has 0 saturated carbocycles. The molecule has 0 unspecified atom stereocenters. The molecule has 0 radical (unpaired) electrons. The van der Waals surface area contributed by atoms with Crippen molar-refractivity contribution in [3.8, 4) is 5.75 Å². The maximum absolute atomic E-state index is 5.96. The van der Waals surface area contributed by atoms with Gasteiger partial charge in [0.1, 0.15) is 11.9 Å². The molecule has 1 saturated heterocycles. The Balaban J connectivity index is 1.91. The van der Waals surface area contributed by atoms with Crippen LogP contribution in [0.5, 0.6) is 5.75 Å². The number of benzene rings is 1. The molecule has 2 nitrogen and oxygen atoms in total. The van der Waals surface area contributed by atoms with Gasteiger partial charge in [0.05, 0.1) is 0 Å². The van der Waals surface area contributed by atoms with Crippen molar-refractivity contribution in [3.63, 3.8) is 0 Å². The first-order valence-electron chi connectivity index (χ1n) is 6.02. The van der Waals surface area contributed by atoms with Gasteiger partial charge >= 0.3 is 0 Å². The number of likely N-dealkylation sites (tertiary alicyclic amines) is 1. The summed E-state index contributed by atoms with van der Waals surface area (Å²) in [5.74, 6) is 0.989. The fourth-order valence-corrected chi connectivity index (χ4v) is 2.13. The van der Waals surface area contributed by atoms with Crippen LogP contribution in [-0.4, -0.2) is 29.6 Å². The molecule has 1 heterocycles. The summed E-state index contributed by atoms with van der Waals surface area (Å²) >= 11 is 0. The number of ether oxygens (including phenoxy) is 1. The monoisotopic (exact) mass is 219 g/mol. The number of rotatable bonds is 2. The Labute approximate surface area is 98.2 Å². The second-order valence-corrected chi connectivity index (χ2v) is 5.46. The van der Waals surface area contributed by atoms with Gasteiger partial charge in [-0.1, -0.05) is 18.2 Å². The van der Waals surface area contributed by atoms with Gasteiger partial charge in [-0.3, -0.25) is 4.90 Å². The Morgan fingerprint density at radius 1 is 1.19 bits per heavy atom. The summed E-state index contributed by atoms with van der Waals surface area (Å²) < 4.78 is 5.96. The van der Waals surface area contributed by atoms with Gasteiger partial charge in [0.15, 0.2) is 0 Å². The Morgan fingerprint density at radius 2 is 1.88 bits per heavy atom. The van der Waals surface area contributed by atoms with E-state index in [9.17, 15) is 0 Å². The second-order valence-electron chi connectivity index (χ2n) is 5.46. The van der Waals surface area contributed by atoms with Crippen LogP contribution in [0.3, 0.4) is 0 Å². The molecule has 0 bridgehead atoms. The van der Waals surface area contributed by atoms with E-state index in [1.165, 1.54) is 0 Å². The van der Waals surface area contributed by atoms with Crippen LogP contribution in [-0.2, 0) is 0 Å². The van der Waals surface area contributed by atoms with Crippen LogP contribution in [0.15, 0.2) is 30.3 Å². The Bertz CT molecular complexity index is 328. The summed E-state index contributed by atoms with van der Waals surface area (Å²) in [6, 6.07) is 10.1. The molecular weight excluding hydrogens is 198 g/mol. The van der Waals surface area contributed by atoms with E-state index in [0.717, 1.165) is 25.3 Å². The Hall–Kier alpha value is -1.02. The van der Waals surface area contributed by atoms with Crippen molar-refractivity contribution in [3.05, 3.63) is 30.3 Å². The summed E-state index contributed by atoms with van der Waals surface area (Å²) in [4.78, 5) is 2.49. The highest BCUT2D eigenvalue weighted by molar-refractivity contribution is 5.21. The minimum atomic E-state index is 0.259. The van der Waals surface area contributed by atoms with Crippen LogP contribution in [0.1, 0.15) is 27.2 Å². The fraction of sp³-hybridized carbons (Fsp3) is 0.571. The average Bonchev–Trinajstić information content (AvgIpc) is 2.67. The Kier molecular flexibility index (Phi) is 3.20. The van der Waals surface area contributed by atoms with E-state index < -0.39 is 0 Å². The van der Waals surface area contributed by atoms with Crippen LogP contribution >= 0.6 is 0 Å². The molecule has 2 rings (SSSR count). The first-order chi connectivity index (χ1) is 7.55. The van der Waals surface area contributed by atoms with Crippen molar-refractivity contribution in [1.29, 1.82) is 0 Å². The first kappa shape index (κ1) is 11.5. The van der Waals surface area contributed by atoms with Gasteiger partial charge in [-0.25, -0.2) is 0 Å².